The summed E-state index contributed by atoms with van der Waals surface area (Å²) in [4.78, 5) is 11.5. The maximum absolute atomic E-state index is 13.5. The van der Waals surface area contributed by atoms with Gasteiger partial charge in [0.15, 0.2) is 5.78 Å². The lowest BCUT2D eigenvalue weighted by molar-refractivity contribution is 0.0988. The molecule has 2 aromatic rings. The van der Waals surface area contributed by atoms with E-state index in [-0.39, 0.29) is 16.4 Å². The second kappa shape index (κ2) is 6.05. The summed E-state index contributed by atoms with van der Waals surface area (Å²) in [6, 6.07) is 11.0. The Balaban J connectivity index is 2.28. The van der Waals surface area contributed by atoms with E-state index in [2.05, 4.69) is 4.72 Å². The molecule has 0 aliphatic heterocycles. The van der Waals surface area contributed by atoms with Gasteiger partial charge < -0.3 is 0 Å². The molecule has 4 nitrogen and oxygen atoms in total. The third-order valence-electron chi connectivity index (χ3n) is 2.93. The van der Waals surface area contributed by atoms with Crippen molar-refractivity contribution in [3.8, 4) is 0 Å². The summed E-state index contributed by atoms with van der Waals surface area (Å²) in [6.45, 7) is 1.73. The van der Waals surface area contributed by atoms with Crippen LogP contribution < -0.4 is 4.72 Å². The highest BCUT2D eigenvalue weighted by molar-refractivity contribution is 7.92. The van der Waals surface area contributed by atoms with E-state index >= 15 is 0 Å². The SMILES string of the molecule is CCC(=O)c1ccc(S(=O)(=O)Nc2ccccc2F)cc1. The van der Waals surface area contributed by atoms with Crippen molar-refractivity contribution < 1.29 is 17.6 Å². The Morgan fingerprint density at radius 3 is 2.29 bits per heavy atom. The predicted molar refractivity (Wildman–Crippen MR) is 78.3 cm³/mol. The number of hydrogen-bond donors (Lipinski definition) is 1. The Labute approximate surface area is 122 Å². The van der Waals surface area contributed by atoms with E-state index in [0.29, 0.717) is 12.0 Å². The lowest BCUT2D eigenvalue weighted by atomic mass is 10.1. The van der Waals surface area contributed by atoms with E-state index < -0.39 is 15.8 Å². The minimum atomic E-state index is -3.89. The van der Waals surface area contributed by atoms with Crippen molar-refractivity contribution in [3.63, 3.8) is 0 Å². The summed E-state index contributed by atoms with van der Waals surface area (Å²) in [7, 11) is -3.89. The number of benzene rings is 2. The highest BCUT2D eigenvalue weighted by Crippen LogP contribution is 2.19. The lowest BCUT2D eigenvalue weighted by Gasteiger charge is -2.09. The number of sulfonamides is 1. The van der Waals surface area contributed by atoms with Gasteiger partial charge in [0, 0.05) is 12.0 Å². The standard InChI is InChI=1S/C15H14FNO3S/c1-2-15(18)11-7-9-12(10-8-11)21(19,20)17-14-6-4-3-5-13(14)16/h3-10,17H,2H2,1H3. The van der Waals surface area contributed by atoms with Crippen molar-refractivity contribution in [3.05, 3.63) is 59.9 Å². The average Bonchev–Trinajstić information content (AvgIpc) is 2.49. The van der Waals surface area contributed by atoms with Crippen LogP contribution in [0.2, 0.25) is 0 Å². The normalized spacial score (nSPS) is 11.1. The summed E-state index contributed by atoms with van der Waals surface area (Å²) in [5, 5.41) is 0. The van der Waals surface area contributed by atoms with E-state index in [9.17, 15) is 17.6 Å². The van der Waals surface area contributed by atoms with Crippen LogP contribution >= 0.6 is 0 Å². The molecule has 0 amide bonds. The Bertz CT molecular complexity index is 755. The zero-order valence-corrected chi connectivity index (χ0v) is 12.2. The molecule has 0 atom stereocenters. The molecule has 0 saturated heterocycles. The van der Waals surface area contributed by atoms with Gasteiger partial charge in [-0.15, -0.1) is 0 Å². The number of para-hydroxylation sites is 1. The molecule has 2 rings (SSSR count). The minimum Gasteiger partial charge on any atom is -0.294 e. The molecular weight excluding hydrogens is 293 g/mol. The van der Waals surface area contributed by atoms with Crippen LogP contribution in [0.15, 0.2) is 53.4 Å². The molecule has 0 aliphatic carbocycles. The molecule has 0 radical (unpaired) electrons. The first kappa shape index (κ1) is 15.2. The van der Waals surface area contributed by atoms with Crippen molar-refractivity contribution in [1.82, 2.24) is 0 Å². The van der Waals surface area contributed by atoms with Gasteiger partial charge in [-0.25, -0.2) is 12.8 Å². The second-order valence-corrected chi connectivity index (χ2v) is 6.07. The number of rotatable bonds is 5. The number of carbonyl (C=O) groups is 1. The smallest absolute Gasteiger partial charge is 0.261 e. The molecule has 0 heterocycles. The van der Waals surface area contributed by atoms with Crippen molar-refractivity contribution >= 4 is 21.5 Å². The van der Waals surface area contributed by atoms with Crippen molar-refractivity contribution in [1.29, 1.82) is 0 Å². The van der Waals surface area contributed by atoms with Crippen LogP contribution in [0.4, 0.5) is 10.1 Å². The van der Waals surface area contributed by atoms with Gasteiger partial charge in [-0.3, -0.25) is 9.52 Å². The topological polar surface area (TPSA) is 63.2 Å². The lowest BCUT2D eigenvalue weighted by Crippen LogP contribution is -2.14. The van der Waals surface area contributed by atoms with Gasteiger partial charge in [-0.1, -0.05) is 31.2 Å². The first-order chi connectivity index (χ1) is 9.94. The van der Waals surface area contributed by atoms with Crippen LogP contribution in [-0.2, 0) is 10.0 Å². The predicted octanol–water partition coefficient (Wildman–Crippen LogP) is 3.22. The number of halogens is 1. The molecule has 0 fully saturated rings. The van der Waals surface area contributed by atoms with E-state index in [1.807, 2.05) is 0 Å². The third-order valence-corrected chi connectivity index (χ3v) is 4.31. The van der Waals surface area contributed by atoms with Gasteiger partial charge in [-0.2, -0.15) is 0 Å². The van der Waals surface area contributed by atoms with Crippen molar-refractivity contribution in [2.75, 3.05) is 4.72 Å². The summed E-state index contributed by atoms with van der Waals surface area (Å²) in [6.07, 6.45) is 0.347. The van der Waals surface area contributed by atoms with E-state index in [0.717, 1.165) is 0 Å². The molecule has 0 aromatic heterocycles. The van der Waals surface area contributed by atoms with Crippen molar-refractivity contribution in [2.24, 2.45) is 0 Å². The van der Waals surface area contributed by atoms with Crippen LogP contribution in [-0.4, -0.2) is 14.2 Å². The molecule has 21 heavy (non-hydrogen) atoms. The Morgan fingerprint density at radius 1 is 1.10 bits per heavy atom. The zero-order valence-electron chi connectivity index (χ0n) is 11.3. The molecule has 110 valence electrons. The van der Waals surface area contributed by atoms with E-state index in [1.165, 1.54) is 48.5 Å². The summed E-state index contributed by atoms with van der Waals surface area (Å²) < 4.78 is 39.9. The molecule has 0 aliphatic rings. The van der Waals surface area contributed by atoms with Crippen molar-refractivity contribution in [2.45, 2.75) is 18.2 Å². The number of carbonyl (C=O) groups excluding carboxylic acids is 1. The van der Waals surface area contributed by atoms with Gasteiger partial charge in [0.25, 0.3) is 10.0 Å². The largest absolute Gasteiger partial charge is 0.294 e. The van der Waals surface area contributed by atoms with Crippen LogP contribution in [0, 0.1) is 5.82 Å². The van der Waals surface area contributed by atoms with Crippen LogP contribution in [0.1, 0.15) is 23.7 Å². The first-order valence-corrected chi connectivity index (χ1v) is 7.83. The number of anilines is 1. The summed E-state index contributed by atoms with van der Waals surface area (Å²) in [5.74, 6) is -0.722. The highest BCUT2D eigenvalue weighted by atomic mass is 32.2. The second-order valence-electron chi connectivity index (χ2n) is 4.39. The Morgan fingerprint density at radius 2 is 1.71 bits per heavy atom. The zero-order chi connectivity index (χ0) is 15.5. The fourth-order valence-electron chi connectivity index (χ4n) is 1.77. The van der Waals surface area contributed by atoms with Gasteiger partial charge >= 0.3 is 0 Å². The van der Waals surface area contributed by atoms with Gasteiger partial charge in [0.2, 0.25) is 0 Å². The maximum atomic E-state index is 13.5. The number of nitrogens with one attached hydrogen (secondary N) is 1. The molecule has 2 aromatic carbocycles. The fraction of sp³-hybridized carbons (Fsp3) is 0.133. The van der Waals surface area contributed by atoms with Crippen LogP contribution in [0.25, 0.3) is 0 Å². The Kier molecular flexibility index (Phi) is 4.37. The van der Waals surface area contributed by atoms with Gasteiger partial charge in [0.05, 0.1) is 10.6 Å². The number of ketones is 1. The summed E-state index contributed by atoms with van der Waals surface area (Å²) in [5.41, 5.74) is 0.327. The minimum absolute atomic E-state index is 0.0293. The molecule has 0 unspecified atom stereocenters. The van der Waals surface area contributed by atoms with Gasteiger partial charge in [0.1, 0.15) is 5.82 Å². The molecule has 0 spiro atoms. The summed E-state index contributed by atoms with van der Waals surface area (Å²) >= 11 is 0. The quantitative estimate of drug-likeness (QED) is 0.863. The Hall–Kier alpha value is -2.21. The monoisotopic (exact) mass is 307 g/mol. The number of hydrogen-bond acceptors (Lipinski definition) is 3. The molecule has 6 heteroatoms. The first-order valence-electron chi connectivity index (χ1n) is 6.34. The highest BCUT2D eigenvalue weighted by Gasteiger charge is 2.16. The average molecular weight is 307 g/mol. The molecular formula is C15H14FNO3S. The maximum Gasteiger partial charge on any atom is 0.261 e. The molecule has 0 bridgehead atoms. The van der Waals surface area contributed by atoms with Crippen LogP contribution in [0.5, 0.6) is 0 Å². The molecule has 0 saturated carbocycles. The fourth-order valence-corrected chi connectivity index (χ4v) is 2.84. The van der Waals surface area contributed by atoms with Crippen LogP contribution in [0.3, 0.4) is 0 Å². The third kappa shape index (κ3) is 3.46. The number of Topliss-reactive ketones (excluding diaryl/α,β-unsaturated/α-hetero) is 1. The van der Waals surface area contributed by atoms with E-state index in [4.69, 9.17) is 0 Å². The van der Waals surface area contributed by atoms with Gasteiger partial charge in [-0.05, 0) is 24.3 Å². The van der Waals surface area contributed by atoms with E-state index in [1.54, 1.807) is 6.92 Å². The molecule has 1 N–H and O–H groups in total.